The monoisotopic (exact) mass is 387 g/mol. The number of carbonyl (C=O) groups is 2. The summed E-state index contributed by atoms with van der Waals surface area (Å²) >= 11 is 0. The third-order valence-electron chi connectivity index (χ3n) is 4.89. The van der Waals surface area contributed by atoms with Gasteiger partial charge in [0.15, 0.2) is 17.3 Å². The first-order valence-electron chi connectivity index (χ1n) is 8.61. The van der Waals surface area contributed by atoms with Gasteiger partial charge in [-0.15, -0.1) is 0 Å². The number of hydrogen-bond donors (Lipinski definition) is 1. The minimum atomic E-state index is -0.777. The van der Waals surface area contributed by atoms with E-state index in [2.05, 4.69) is 9.72 Å². The third-order valence-corrected chi connectivity index (χ3v) is 4.89. The summed E-state index contributed by atoms with van der Waals surface area (Å²) in [5, 5.41) is 0. The molecule has 1 heterocycles. The number of Topliss-reactive ketones (excluding diaryl/α,β-unsaturated/α-hetero) is 1. The van der Waals surface area contributed by atoms with Crippen molar-refractivity contribution in [3.05, 3.63) is 50.9 Å². The minimum absolute atomic E-state index is 0.176. The van der Waals surface area contributed by atoms with Crippen LogP contribution in [0.3, 0.4) is 0 Å². The quantitative estimate of drug-likeness (QED) is 0.784. The van der Waals surface area contributed by atoms with Gasteiger partial charge in [0.25, 0.3) is 5.56 Å². The molecular weight excluding hydrogens is 366 g/mol. The Morgan fingerprint density at radius 2 is 1.71 bits per heavy atom. The zero-order chi connectivity index (χ0) is 20.4. The summed E-state index contributed by atoms with van der Waals surface area (Å²) in [4.78, 5) is 39.4. The molecule has 0 saturated carbocycles. The lowest BCUT2D eigenvalue weighted by molar-refractivity contribution is 0.0598. The second-order valence-electron chi connectivity index (χ2n) is 6.35. The molecule has 0 fully saturated rings. The molecule has 0 aliphatic heterocycles. The Hall–Kier alpha value is -3.29. The highest BCUT2D eigenvalue weighted by atomic mass is 16.5. The molecule has 1 N–H and O–H groups in total. The smallest absolute Gasteiger partial charge is 0.343 e. The van der Waals surface area contributed by atoms with Crippen LogP contribution in [-0.4, -0.2) is 45.2 Å². The number of aromatic nitrogens is 1. The molecule has 0 saturated heterocycles. The van der Waals surface area contributed by atoms with Gasteiger partial charge >= 0.3 is 5.97 Å². The van der Waals surface area contributed by atoms with Crippen LogP contribution in [0.15, 0.2) is 23.0 Å². The second-order valence-corrected chi connectivity index (χ2v) is 6.35. The van der Waals surface area contributed by atoms with E-state index in [0.29, 0.717) is 34.9 Å². The highest BCUT2D eigenvalue weighted by Gasteiger charge is 2.32. The van der Waals surface area contributed by atoms with Crippen LogP contribution in [0.5, 0.6) is 17.2 Å². The third kappa shape index (κ3) is 3.21. The van der Waals surface area contributed by atoms with Gasteiger partial charge in [-0.3, -0.25) is 9.59 Å². The highest BCUT2D eigenvalue weighted by Crippen LogP contribution is 2.45. The number of pyridine rings is 1. The lowest BCUT2D eigenvalue weighted by Gasteiger charge is -2.26. The fourth-order valence-electron chi connectivity index (χ4n) is 3.56. The number of nitrogens with one attached hydrogen (secondary N) is 1. The van der Waals surface area contributed by atoms with Gasteiger partial charge in [0.2, 0.25) is 5.75 Å². The van der Waals surface area contributed by atoms with Crippen LogP contribution < -0.4 is 19.8 Å². The van der Waals surface area contributed by atoms with E-state index in [1.807, 2.05) is 6.07 Å². The van der Waals surface area contributed by atoms with Crippen LogP contribution in [0.1, 0.15) is 44.3 Å². The highest BCUT2D eigenvalue weighted by molar-refractivity contribution is 6.01. The first-order chi connectivity index (χ1) is 13.4. The van der Waals surface area contributed by atoms with E-state index in [1.54, 1.807) is 6.07 Å². The molecule has 2 aromatic rings. The van der Waals surface area contributed by atoms with Crippen LogP contribution in [0.4, 0.5) is 0 Å². The van der Waals surface area contributed by atoms with Gasteiger partial charge in [-0.05, 0) is 18.6 Å². The SMILES string of the molecule is COC(=O)c1cc2c([nH]c1=O)C[C@@H](c1ccc(OC)c(OC)c1OC)CC2=O. The number of benzene rings is 1. The number of H-pyrrole nitrogens is 1. The van der Waals surface area contributed by atoms with Crippen LogP contribution in [0.25, 0.3) is 0 Å². The molecule has 0 radical (unpaired) electrons. The average molecular weight is 387 g/mol. The van der Waals surface area contributed by atoms with Crippen molar-refractivity contribution in [3.8, 4) is 17.2 Å². The van der Waals surface area contributed by atoms with Gasteiger partial charge < -0.3 is 23.9 Å². The van der Waals surface area contributed by atoms with Gasteiger partial charge in [-0.2, -0.15) is 0 Å². The summed E-state index contributed by atoms with van der Waals surface area (Å²) in [5.74, 6) is 0.257. The zero-order valence-electron chi connectivity index (χ0n) is 16.1. The molecule has 1 aromatic carbocycles. The minimum Gasteiger partial charge on any atom is -0.493 e. The molecule has 1 aliphatic carbocycles. The first kappa shape index (κ1) is 19.5. The Labute approximate surface area is 161 Å². The maximum absolute atomic E-state index is 12.7. The molecule has 1 aliphatic rings. The van der Waals surface area contributed by atoms with E-state index in [-0.39, 0.29) is 23.7 Å². The number of carbonyl (C=O) groups excluding carboxylic acids is 2. The molecular formula is C20H21NO7. The maximum atomic E-state index is 12.7. The summed E-state index contributed by atoms with van der Waals surface area (Å²) in [7, 11) is 5.74. The molecule has 0 bridgehead atoms. The summed E-state index contributed by atoms with van der Waals surface area (Å²) < 4.78 is 20.8. The molecule has 148 valence electrons. The summed E-state index contributed by atoms with van der Waals surface area (Å²) in [5.41, 5.74) is 0.818. The number of ether oxygens (including phenoxy) is 4. The fraction of sp³-hybridized carbons (Fsp3) is 0.350. The molecule has 28 heavy (non-hydrogen) atoms. The number of fused-ring (bicyclic) bond motifs is 1. The molecule has 1 atom stereocenters. The van der Waals surface area contributed by atoms with Crippen LogP contribution in [0.2, 0.25) is 0 Å². The van der Waals surface area contributed by atoms with Gasteiger partial charge in [0, 0.05) is 29.2 Å². The predicted molar refractivity (Wildman–Crippen MR) is 99.9 cm³/mol. The van der Waals surface area contributed by atoms with Gasteiger partial charge in [-0.1, -0.05) is 6.07 Å². The number of hydrogen-bond acceptors (Lipinski definition) is 7. The lowest BCUT2D eigenvalue weighted by atomic mass is 9.81. The molecule has 0 amide bonds. The van der Waals surface area contributed by atoms with E-state index < -0.39 is 11.5 Å². The average Bonchev–Trinajstić information content (AvgIpc) is 2.71. The van der Waals surface area contributed by atoms with Crippen molar-refractivity contribution < 1.29 is 28.5 Å². The van der Waals surface area contributed by atoms with Crippen molar-refractivity contribution in [2.45, 2.75) is 18.8 Å². The molecule has 3 rings (SSSR count). The number of methoxy groups -OCH3 is 4. The van der Waals surface area contributed by atoms with Crippen LogP contribution in [0, 0.1) is 0 Å². The Bertz CT molecular complexity index is 993. The van der Waals surface area contributed by atoms with E-state index in [1.165, 1.54) is 34.5 Å². The van der Waals surface area contributed by atoms with E-state index >= 15 is 0 Å². The summed E-state index contributed by atoms with van der Waals surface area (Å²) in [6, 6.07) is 4.88. The standard InChI is InChI=1S/C20H21NO7/c1-25-16-6-5-11(17(26-2)18(16)27-3)10-7-14-12(15(22)8-10)9-13(19(23)21-14)20(24)28-4/h5-6,9-10H,7-8H2,1-4H3,(H,21,23)/t10-/m1/s1. The van der Waals surface area contributed by atoms with E-state index in [0.717, 1.165) is 5.56 Å². The van der Waals surface area contributed by atoms with Crippen molar-refractivity contribution in [2.75, 3.05) is 28.4 Å². The normalized spacial score (nSPS) is 15.6. The van der Waals surface area contributed by atoms with Crippen LogP contribution in [-0.2, 0) is 11.2 Å². The number of esters is 1. The molecule has 8 nitrogen and oxygen atoms in total. The Balaban J connectivity index is 2.06. The Morgan fingerprint density at radius 3 is 2.32 bits per heavy atom. The number of rotatable bonds is 5. The summed E-state index contributed by atoms with van der Waals surface area (Å²) in [6.07, 6.45) is 0.606. The van der Waals surface area contributed by atoms with Crippen molar-refractivity contribution in [1.82, 2.24) is 4.98 Å². The van der Waals surface area contributed by atoms with Crippen molar-refractivity contribution in [2.24, 2.45) is 0 Å². The molecule has 0 spiro atoms. The Morgan fingerprint density at radius 1 is 1.00 bits per heavy atom. The van der Waals surface area contributed by atoms with Gasteiger partial charge in [0.1, 0.15) is 5.56 Å². The topological polar surface area (TPSA) is 104 Å². The fourth-order valence-corrected chi connectivity index (χ4v) is 3.56. The molecule has 8 heteroatoms. The van der Waals surface area contributed by atoms with Gasteiger partial charge in [0.05, 0.1) is 28.4 Å². The second kappa shape index (κ2) is 7.75. The maximum Gasteiger partial charge on any atom is 0.343 e. The lowest BCUT2D eigenvalue weighted by Crippen LogP contribution is -2.27. The zero-order valence-corrected chi connectivity index (χ0v) is 16.1. The van der Waals surface area contributed by atoms with Crippen LogP contribution >= 0.6 is 0 Å². The van der Waals surface area contributed by atoms with Crippen molar-refractivity contribution in [1.29, 1.82) is 0 Å². The number of aromatic amines is 1. The van der Waals surface area contributed by atoms with Crippen molar-refractivity contribution >= 4 is 11.8 Å². The number of ketones is 1. The summed E-state index contributed by atoms with van der Waals surface area (Å²) in [6.45, 7) is 0. The van der Waals surface area contributed by atoms with Crippen molar-refractivity contribution in [3.63, 3.8) is 0 Å². The Kier molecular flexibility index (Phi) is 5.39. The molecule has 1 aromatic heterocycles. The first-order valence-corrected chi connectivity index (χ1v) is 8.61. The largest absolute Gasteiger partial charge is 0.493 e. The predicted octanol–water partition coefficient (Wildman–Crippen LogP) is 2.10. The van der Waals surface area contributed by atoms with E-state index in [9.17, 15) is 14.4 Å². The van der Waals surface area contributed by atoms with E-state index in [4.69, 9.17) is 14.2 Å². The molecule has 0 unspecified atom stereocenters. The van der Waals surface area contributed by atoms with Gasteiger partial charge in [-0.25, -0.2) is 4.79 Å².